The molecule has 0 amide bonds. The molecule has 1 fully saturated rings. The third-order valence-electron chi connectivity index (χ3n) is 2.52. The number of anilines is 1. The van der Waals surface area contributed by atoms with Crippen LogP contribution in [0.2, 0.25) is 0 Å². The van der Waals surface area contributed by atoms with Crippen molar-refractivity contribution in [3.8, 4) is 0 Å². The molecule has 1 aliphatic heterocycles. The molecule has 1 aromatic heterocycles. The average Bonchev–Trinajstić information content (AvgIpc) is 2.67. The number of aromatic amines is 1. The van der Waals surface area contributed by atoms with Gasteiger partial charge in [-0.05, 0) is 5.92 Å². The van der Waals surface area contributed by atoms with Crippen molar-refractivity contribution in [1.29, 1.82) is 0 Å². The van der Waals surface area contributed by atoms with Gasteiger partial charge in [0.2, 0.25) is 5.95 Å². The Hall–Kier alpha value is -1.10. The largest absolute Gasteiger partial charge is 0.337 e. The van der Waals surface area contributed by atoms with Gasteiger partial charge in [-0.15, -0.1) is 5.10 Å². The van der Waals surface area contributed by atoms with Gasteiger partial charge in [0.25, 0.3) is 0 Å². The van der Waals surface area contributed by atoms with E-state index in [0.29, 0.717) is 5.92 Å². The number of H-pyrrole nitrogens is 1. The van der Waals surface area contributed by atoms with E-state index < -0.39 is 0 Å². The van der Waals surface area contributed by atoms with Crippen LogP contribution in [-0.4, -0.2) is 41.4 Å². The van der Waals surface area contributed by atoms with Gasteiger partial charge in [-0.2, -0.15) is 4.98 Å². The van der Waals surface area contributed by atoms with Gasteiger partial charge in [-0.3, -0.25) is 5.10 Å². The number of piperazine rings is 1. The Morgan fingerprint density at radius 3 is 2.73 bits per heavy atom. The topological polar surface area (TPSA) is 56.8 Å². The van der Waals surface area contributed by atoms with Crippen LogP contribution in [0.15, 0.2) is 0 Å². The maximum atomic E-state index is 4.51. The molecule has 15 heavy (non-hydrogen) atoms. The van der Waals surface area contributed by atoms with Gasteiger partial charge in [0.05, 0.1) is 0 Å². The second kappa shape index (κ2) is 4.61. The molecule has 0 unspecified atom stereocenters. The summed E-state index contributed by atoms with van der Waals surface area (Å²) in [6, 6.07) is 0. The number of hydrogen-bond donors (Lipinski definition) is 2. The SMILES string of the molecule is CC(C)Cc1nc(N2CCNCC2)n[nH]1. The zero-order valence-corrected chi connectivity index (χ0v) is 9.45. The van der Waals surface area contributed by atoms with Crippen molar-refractivity contribution >= 4 is 5.95 Å². The Kier molecular flexibility index (Phi) is 3.20. The van der Waals surface area contributed by atoms with Crippen LogP contribution in [0, 0.1) is 5.92 Å². The van der Waals surface area contributed by atoms with E-state index >= 15 is 0 Å². The van der Waals surface area contributed by atoms with Crippen molar-refractivity contribution in [3.63, 3.8) is 0 Å². The lowest BCUT2D eigenvalue weighted by molar-refractivity contribution is 0.580. The number of nitrogens with zero attached hydrogens (tertiary/aromatic N) is 3. The molecule has 0 aliphatic carbocycles. The van der Waals surface area contributed by atoms with Crippen LogP contribution >= 0.6 is 0 Å². The molecule has 1 saturated heterocycles. The fraction of sp³-hybridized carbons (Fsp3) is 0.800. The van der Waals surface area contributed by atoms with E-state index in [-0.39, 0.29) is 0 Å². The van der Waals surface area contributed by atoms with Crippen molar-refractivity contribution in [2.24, 2.45) is 5.92 Å². The minimum absolute atomic E-state index is 0.619. The molecule has 0 bridgehead atoms. The van der Waals surface area contributed by atoms with Crippen molar-refractivity contribution in [3.05, 3.63) is 5.82 Å². The molecule has 0 saturated carbocycles. The van der Waals surface area contributed by atoms with Gasteiger partial charge >= 0.3 is 0 Å². The predicted molar refractivity (Wildman–Crippen MR) is 60.0 cm³/mol. The van der Waals surface area contributed by atoms with Gasteiger partial charge in [-0.1, -0.05) is 13.8 Å². The first-order valence-corrected chi connectivity index (χ1v) is 5.62. The highest BCUT2D eigenvalue weighted by Gasteiger charge is 2.14. The van der Waals surface area contributed by atoms with E-state index in [1.807, 2.05) is 0 Å². The van der Waals surface area contributed by atoms with Crippen LogP contribution in [0.5, 0.6) is 0 Å². The minimum Gasteiger partial charge on any atom is -0.337 e. The van der Waals surface area contributed by atoms with E-state index in [2.05, 4.69) is 39.2 Å². The molecule has 0 aromatic carbocycles. The Bertz CT molecular complexity index is 301. The molecule has 5 heteroatoms. The number of rotatable bonds is 3. The van der Waals surface area contributed by atoms with Crippen LogP contribution in [-0.2, 0) is 6.42 Å². The number of nitrogens with one attached hydrogen (secondary N) is 2. The summed E-state index contributed by atoms with van der Waals surface area (Å²) in [6.45, 7) is 8.42. The smallest absolute Gasteiger partial charge is 0.244 e. The molecule has 5 nitrogen and oxygen atoms in total. The maximum Gasteiger partial charge on any atom is 0.244 e. The molecule has 2 N–H and O–H groups in total. The van der Waals surface area contributed by atoms with E-state index in [9.17, 15) is 0 Å². The molecule has 0 radical (unpaired) electrons. The average molecular weight is 209 g/mol. The monoisotopic (exact) mass is 209 g/mol. The van der Waals surface area contributed by atoms with Crippen LogP contribution in [0.4, 0.5) is 5.95 Å². The zero-order valence-electron chi connectivity index (χ0n) is 9.45. The van der Waals surface area contributed by atoms with Crippen molar-refractivity contribution in [2.45, 2.75) is 20.3 Å². The summed E-state index contributed by atoms with van der Waals surface area (Å²) in [4.78, 5) is 6.72. The molecule has 0 atom stereocenters. The highest BCUT2D eigenvalue weighted by Crippen LogP contribution is 2.10. The lowest BCUT2D eigenvalue weighted by atomic mass is 10.1. The van der Waals surface area contributed by atoms with Crippen LogP contribution in [0.25, 0.3) is 0 Å². The second-order valence-corrected chi connectivity index (χ2v) is 4.42. The Morgan fingerprint density at radius 1 is 1.33 bits per heavy atom. The molecule has 84 valence electrons. The summed E-state index contributed by atoms with van der Waals surface area (Å²) in [5, 5.41) is 10.6. The highest BCUT2D eigenvalue weighted by molar-refractivity contribution is 5.29. The van der Waals surface area contributed by atoms with E-state index in [0.717, 1.165) is 44.4 Å². The third kappa shape index (κ3) is 2.68. The van der Waals surface area contributed by atoms with Crippen molar-refractivity contribution in [1.82, 2.24) is 20.5 Å². The molecule has 0 spiro atoms. The van der Waals surface area contributed by atoms with E-state index in [4.69, 9.17) is 0 Å². The fourth-order valence-corrected chi connectivity index (χ4v) is 1.77. The molecule has 1 aromatic rings. The molecule has 2 rings (SSSR count). The Balaban J connectivity index is 1.99. The van der Waals surface area contributed by atoms with Crippen molar-refractivity contribution in [2.75, 3.05) is 31.1 Å². The first-order chi connectivity index (χ1) is 7.25. The molecular formula is C10H19N5. The van der Waals surface area contributed by atoms with Crippen LogP contribution < -0.4 is 10.2 Å². The summed E-state index contributed by atoms with van der Waals surface area (Å²) < 4.78 is 0. The summed E-state index contributed by atoms with van der Waals surface area (Å²) in [5.41, 5.74) is 0. The van der Waals surface area contributed by atoms with Gasteiger partial charge < -0.3 is 10.2 Å². The molecular weight excluding hydrogens is 190 g/mol. The Morgan fingerprint density at radius 2 is 2.07 bits per heavy atom. The quantitative estimate of drug-likeness (QED) is 0.757. The predicted octanol–water partition coefficient (Wildman–Crippen LogP) is 0.413. The van der Waals surface area contributed by atoms with Gasteiger partial charge in [-0.25, -0.2) is 0 Å². The third-order valence-corrected chi connectivity index (χ3v) is 2.52. The molecule has 2 heterocycles. The summed E-state index contributed by atoms with van der Waals surface area (Å²) >= 11 is 0. The van der Waals surface area contributed by atoms with Gasteiger partial charge in [0, 0.05) is 32.6 Å². The van der Waals surface area contributed by atoms with E-state index in [1.54, 1.807) is 0 Å². The second-order valence-electron chi connectivity index (χ2n) is 4.42. The zero-order chi connectivity index (χ0) is 10.7. The van der Waals surface area contributed by atoms with Crippen molar-refractivity contribution < 1.29 is 0 Å². The number of hydrogen-bond acceptors (Lipinski definition) is 4. The van der Waals surface area contributed by atoms with Gasteiger partial charge in [0.15, 0.2) is 0 Å². The lowest BCUT2D eigenvalue weighted by Crippen LogP contribution is -2.44. The number of aromatic nitrogens is 3. The first kappa shape index (κ1) is 10.4. The Labute approximate surface area is 90.3 Å². The summed E-state index contributed by atoms with van der Waals surface area (Å²) in [6.07, 6.45) is 0.971. The summed E-state index contributed by atoms with van der Waals surface area (Å²) in [5.74, 6) is 2.47. The fourth-order valence-electron chi connectivity index (χ4n) is 1.77. The summed E-state index contributed by atoms with van der Waals surface area (Å²) in [7, 11) is 0. The van der Waals surface area contributed by atoms with Crippen LogP contribution in [0.1, 0.15) is 19.7 Å². The van der Waals surface area contributed by atoms with Crippen LogP contribution in [0.3, 0.4) is 0 Å². The highest BCUT2D eigenvalue weighted by atomic mass is 15.4. The maximum absolute atomic E-state index is 4.51. The molecule has 1 aliphatic rings. The normalized spacial score (nSPS) is 17.4. The van der Waals surface area contributed by atoms with E-state index in [1.165, 1.54) is 0 Å². The lowest BCUT2D eigenvalue weighted by Gasteiger charge is -2.25. The van der Waals surface area contributed by atoms with Gasteiger partial charge in [0.1, 0.15) is 5.82 Å². The minimum atomic E-state index is 0.619. The standard InChI is InChI=1S/C10H19N5/c1-8(2)7-9-12-10(14-13-9)15-5-3-11-4-6-15/h8,11H,3-7H2,1-2H3,(H,12,13,14). The first-order valence-electron chi connectivity index (χ1n) is 5.62.